The van der Waals surface area contributed by atoms with Crippen molar-refractivity contribution in [1.82, 2.24) is 15.0 Å². The first-order valence-electron chi connectivity index (χ1n) is 6.94. The zero-order valence-electron chi connectivity index (χ0n) is 12.1. The lowest BCUT2D eigenvalue weighted by Crippen LogP contribution is -2.16. The summed E-state index contributed by atoms with van der Waals surface area (Å²) in [6.07, 6.45) is 0. The van der Waals surface area contributed by atoms with Crippen molar-refractivity contribution in [3.05, 3.63) is 71.7 Å². The van der Waals surface area contributed by atoms with Gasteiger partial charge in [0.1, 0.15) is 5.82 Å². The Morgan fingerprint density at radius 2 is 1.83 bits per heavy atom. The summed E-state index contributed by atoms with van der Waals surface area (Å²) in [7, 11) is 0. The summed E-state index contributed by atoms with van der Waals surface area (Å²) in [5.41, 5.74) is 6.93. The summed E-state index contributed by atoms with van der Waals surface area (Å²) < 4.78 is 15.0. The van der Waals surface area contributed by atoms with Gasteiger partial charge in [-0.2, -0.15) is 0 Å². The molecule has 0 aliphatic carbocycles. The van der Waals surface area contributed by atoms with Gasteiger partial charge in [-0.05, 0) is 17.7 Å². The van der Waals surface area contributed by atoms with E-state index in [0.29, 0.717) is 6.54 Å². The van der Waals surface area contributed by atoms with Gasteiger partial charge in [-0.3, -0.25) is 4.79 Å². The molecular formula is C16H14FN5O. The number of halogens is 1. The van der Waals surface area contributed by atoms with Crippen molar-refractivity contribution in [2.45, 2.75) is 6.54 Å². The van der Waals surface area contributed by atoms with Crippen molar-refractivity contribution < 1.29 is 9.18 Å². The number of nitrogens with one attached hydrogen (secondary N) is 1. The minimum absolute atomic E-state index is 0.0378. The highest BCUT2D eigenvalue weighted by Gasteiger charge is 2.18. The average Bonchev–Trinajstić information content (AvgIpc) is 2.92. The Balaban J connectivity index is 1.79. The molecule has 1 amide bonds. The molecule has 0 spiro atoms. The summed E-state index contributed by atoms with van der Waals surface area (Å²) in [5, 5.41) is 10.1. The third-order valence-corrected chi connectivity index (χ3v) is 3.29. The predicted molar refractivity (Wildman–Crippen MR) is 84.3 cm³/mol. The highest BCUT2D eigenvalue weighted by molar-refractivity contribution is 6.05. The smallest absolute Gasteiger partial charge is 0.280 e. The fourth-order valence-corrected chi connectivity index (χ4v) is 2.10. The van der Waals surface area contributed by atoms with E-state index < -0.39 is 11.7 Å². The topological polar surface area (TPSA) is 85.8 Å². The number of amides is 1. The maximum absolute atomic E-state index is 13.6. The van der Waals surface area contributed by atoms with Crippen LogP contribution >= 0.6 is 0 Å². The van der Waals surface area contributed by atoms with Crippen LogP contribution in [0.15, 0.2) is 54.6 Å². The molecule has 23 heavy (non-hydrogen) atoms. The number of benzene rings is 2. The number of hydrogen-bond acceptors (Lipinski definition) is 4. The molecule has 0 atom stereocenters. The second-order valence-electron chi connectivity index (χ2n) is 4.90. The Morgan fingerprint density at radius 1 is 1.13 bits per heavy atom. The van der Waals surface area contributed by atoms with Gasteiger partial charge in [0.2, 0.25) is 0 Å². The van der Waals surface area contributed by atoms with Gasteiger partial charge < -0.3 is 11.1 Å². The van der Waals surface area contributed by atoms with Gasteiger partial charge in [0.15, 0.2) is 11.5 Å². The van der Waals surface area contributed by atoms with Gasteiger partial charge in [-0.25, -0.2) is 9.07 Å². The van der Waals surface area contributed by atoms with E-state index in [4.69, 9.17) is 5.73 Å². The number of nitrogen functional groups attached to an aromatic ring is 1. The predicted octanol–water partition coefficient (Wildman–Crippen LogP) is 2.30. The Hall–Kier alpha value is -3.22. The average molecular weight is 311 g/mol. The lowest BCUT2D eigenvalue weighted by molar-refractivity contribution is 0.102. The van der Waals surface area contributed by atoms with Crippen LogP contribution in [0.3, 0.4) is 0 Å². The van der Waals surface area contributed by atoms with E-state index in [0.717, 1.165) is 5.56 Å². The zero-order valence-corrected chi connectivity index (χ0v) is 12.1. The monoisotopic (exact) mass is 311 g/mol. The molecule has 0 saturated carbocycles. The molecule has 1 aromatic heterocycles. The van der Waals surface area contributed by atoms with Crippen molar-refractivity contribution in [3.8, 4) is 0 Å². The van der Waals surface area contributed by atoms with Crippen LogP contribution in [0.1, 0.15) is 16.1 Å². The summed E-state index contributed by atoms with van der Waals surface area (Å²) in [6.45, 7) is 0.395. The second kappa shape index (κ2) is 6.27. The van der Waals surface area contributed by atoms with Gasteiger partial charge in [0, 0.05) is 0 Å². The van der Waals surface area contributed by atoms with Gasteiger partial charge in [-0.1, -0.05) is 47.7 Å². The highest BCUT2D eigenvalue weighted by Crippen LogP contribution is 2.16. The minimum atomic E-state index is -0.605. The minimum Gasteiger partial charge on any atom is -0.382 e. The number of carbonyl (C=O) groups excluding carboxylic acids is 1. The lowest BCUT2D eigenvalue weighted by Gasteiger charge is -2.05. The maximum atomic E-state index is 13.6. The van der Waals surface area contributed by atoms with E-state index in [1.54, 1.807) is 6.07 Å². The van der Waals surface area contributed by atoms with Gasteiger partial charge in [0.05, 0.1) is 12.2 Å². The summed E-state index contributed by atoms with van der Waals surface area (Å²) in [4.78, 5) is 12.2. The second-order valence-corrected chi connectivity index (χ2v) is 4.90. The number of nitrogens with zero attached hydrogens (tertiary/aromatic N) is 3. The van der Waals surface area contributed by atoms with E-state index in [-0.39, 0.29) is 17.2 Å². The standard InChI is InChI=1S/C16H14FN5O/c17-12-8-4-5-9-13(12)19-16(23)14-15(18)22(21-20-14)10-11-6-2-1-3-7-11/h1-9H,10,18H2,(H,19,23). The van der Waals surface area contributed by atoms with Crippen LogP contribution in [0.25, 0.3) is 0 Å². The fraction of sp³-hybridized carbons (Fsp3) is 0.0625. The molecule has 6 nitrogen and oxygen atoms in total. The Kier molecular flexibility index (Phi) is 4.01. The molecular weight excluding hydrogens is 297 g/mol. The molecule has 3 rings (SSSR count). The van der Waals surface area contributed by atoms with Crippen molar-refractivity contribution in [2.24, 2.45) is 0 Å². The van der Waals surface area contributed by atoms with Crippen molar-refractivity contribution >= 4 is 17.4 Å². The van der Waals surface area contributed by atoms with Crippen LogP contribution in [0.5, 0.6) is 0 Å². The highest BCUT2D eigenvalue weighted by atomic mass is 19.1. The maximum Gasteiger partial charge on any atom is 0.280 e. The van der Waals surface area contributed by atoms with Gasteiger partial charge in [-0.15, -0.1) is 5.10 Å². The molecule has 0 unspecified atom stereocenters. The molecule has 0 radical (unpaired) electrons. The number of aromatic nitrogens is 3. The van der Waals surface area contributed by atoms with Gasteiger partial charge >= 0.3 is 0 Å². The Morgan fingerprint density at radius 3 is 2.57 bits per heavy atom. The summed E-state index contributed by atoms with van der Waals surface area (Å²) >= 11 is 0. The van der Waals surface area contributed by atoms with Crippen LogP contribution in [0.4, 0.5) is 15.9 Å². The van der Waals surface area contributed by atoms with E-state index >= 15 is 0 Å². The molecule has 3 aromatic rings. The molecule has 1 heterocycles. The molecule has 0 fully saturated rings. The lowest BCUT2D eigenvalue weighted by atomic mass is 10.2. The molecule has 116 valence electrons. The number of carbonyl (C=O) groups is 1. The molecule has 2 aromatic carbocycles. The molecule has 7 heteroatoms. The summed E-state index contributed by atoms with van der Waals surface area (Å²) in [6, 6.07) is 15.4. The van der Waals surface area contributed by atoms with Crippen LogP contribution in [-0.4, -0.2) is 20.9 Å². The van der Waals surface area contributed by atoms with E-state index in [2.05, 4.69) is 15.6 Å². The number of para-hydroxylation sites is 1. The number of anilines is 2. The number of nitrogens with two attached hydrogens (primary N) is 1. The summed E-state index contributed by atoms with van der Waals surface area (Å²) in [5.74, 6) is -1.01. The normalized spacial score (nSPS) is 10.5. The first-order chi connectivity index (χ1) is 11.1. The molecule has 0 bridgehead atoms. The van der Waals surface area contributed by atoms with Crippen LogP contribution in [0, 0.1) is 5.82 Å². The van der Waals surface area contributed by atoms with Gasteiger partial charge in [0.25, 0.3) is 5.91 Å². The SMILES string of the molecule is Nc1c(C(=O)Nc2ccccc2F)nnn1Cc1ccccc1. The van der Waals surface area contributed by atoms with Crippen LogP contribution in [0.2, 0.25) is 0 Å². The first-order valence-corrected chi connectivity index (χ1v) is 6.94. The van der Waals surface area contributed by atoms with Crippen molar-refractivity contribution in [3.63, 3.8) is 0 Å². The molecule has 0 aliphatic rings. The van der Waals surface area contributed by atoms with Crippen LogP contribution < -0.4 is 11.1 Å². The van der Waals surface area contributed by atoms with Crippen molar-refractivity contribution in [2.75, 3.05) is 11.1 Å². The first kappa shape index (κ1) is 14.7. The quantitative estimate of drug-likeness (QED) is 0.774. The number of hydrogen-bond donors (Lipinski definition) is 2. The molecule has 0 saturated heterocycles. The third kappa shape index (κ3) is 3.18. The third-order valence-electron chi connectivity index (χ3n) is 3.29. The van der Waals surface area contributed by atoms with Crippen molar-refractivity contribution in [1.29, 1.82) is 0 Å². The fourth-order valence-electron chi connectivity index (χ4n) is 2.10. The van der Waals surface area contributed by atoms with E-state index in [1.165, 1.54) is 22.9 Å². The largest absolute Gasteiger partial charge is 0.382 e. The molecule has 0 aliphatic heterocycles. The number of rotatable bonds is 4. The molecule has 3 N–H and O–H groups in total. The zero-order chi connectivity index (χ0) is 16.2. The Bertz CT molecular complexity index is 831. The van der Waals surface area contributed by atoms with Crippen LogP contribution in [-0.2, 0) is 6.54 Å². The van der Waals surface area contributed by atoms with E-state index in [9.17, 15) is 9.18 Å². The Labute approximate surface area is 131 Å². The van der Waals surface area contributed by atoms with E-state index in [1.807, 2.05) is 30.3 Å².